The van der Waals surface area contributed by atoms with Gasteiger partial charge in [0.05, 0.1) is 12.5 Å². The molecule has 0 saturated heterocycles. The number of carbonyl (C=O) groups is 1. The number of carbonyl (C=O) groups excluding carboxylic acids is 1. The molecule has 1 saturated carbocycles. The van der Waals surface area contributed by atoms with E-state index in [4.69, 9.17) is 26.4 Å². The minimum Gasteiger partial charge on any atom is -0.493 e. The van der Waals surface area contributed by atoms with Crippen LogP contribution in [0.3, 0.4) is 0 Å². The monoisotopic (exact) mass is 587 g/mol. The molecule has 4 rings (SSSR count). The first kappa shape index (κ1) is 31.6. The number of benzene rings is 3. The Bertz CT molecular complexity index is 1270. The number of hydrogen-bond acceptors (Lipinski definition) is 5. The second-order valence-corrected chi connectivity index (χ2v) is 12.9. The van der Waals surface area contributed by atoms with Crippen LogP contribution < -0.4 is 14.8 Å². The van der Waals surface area contributed by atoms with Crippen molar-refractivity contribution in [2.75, 3.05) is 25.1 Å². The van der Waals surface area contributed by atoms with Crippen molar-refractivity contribution in [1.29, 1.82) is 0 Å². The highest BCUT2D eigenvalue weighted by Gasteiger charge is 2.23. The van der Waals surface area contributed by atoms with Gasteiger partial charge in [-0.05, 0) is 95.9 Å². The highest BCUT2D eigenvalue weighted by atomic mass is 32.1. The molecule has 0 aromatic heterocycles. The molecule has 0 spiro atoms. The van der Waals surface area contributed by atoms with Crippen molar-refractivity contribution in [2.45, 2.75) is 77.6 Å². The van der Waals surface area contributed by atoms with Gasteiger partial charge in [-0.15, -0.1) is 0 Å². The van der Waals surface area contributed by atoms with E-state index >= 15 is 0 Å². The minimum atomic E-state index is -0.355. The summed E-state index contributed by atoms with van der Waals surface area (Å²) in [5.74, 6) is 1.86. The number of amides is 1. The van der Waals surface area contributed by atoms with Crippen LogP contribution in [0.2, 0.25) is 0 Å². The zero-order valence-corrected chi connectivity index (χ0v) is 26.3. The Labute approximate surface area is 257 Å². The van der Waals surface area contributed by atoms with Crippen molar-refractivity contribution < 1.29 is 19.0 Å². The Morgan fingerprint density at radius 3 is 2.10 bits per heavy atom. The van der Waals surface area contributed by atoms with Gasteiger partial charge in [-0.1, -0.05) is 76.4 Å². The summed E-state index contributed by atoms with van der Waals surface area (Å²) in [6, 6.07) is 24.1. The van der Waals surface area contributed by atoms with Crippen LogP contribution in [0.1, 0.15) is 82.4 Å². The Morgan fingerprint density at radius 2 is 1.48 bits per heavy atom. The van der Waals surface area contributed by atoms with Crippen LogP contribution in [0.15, 0.2) is 72.8 Å². The molecule has 1 atom stereocenters. The van der Waals surface area contributed by atoms with Crippen molar-refractivity contribution in [2.24, 2.45) is 5.92 Å². The topological polar surface area (TPSA) is 56.8 Å². The lowest BCUT2D eigenvalue weighted by molar-refractivity contribution is -0.117. The molecule has 1 amide bonds. The average Bonchev–Trinajstić information content (AvgIpc) is 2.98. The number of rotatable bonds is 12. The largest absolute Gasteiger partial charge is 0.493 e. The maximum absolute atomic E-state index is 13.7. The van der Waals surface area contributed by atoms with E-state index in [2.05, 4.69) is 50.4 Å². The molecule has 1 fully saturated rings. The zero-order valence-electron chi connectivity index (χ0n) is 25.5. The van der Waals surface area contributed by atoms with Crippen molar-refractivity contribution in [1.82, 2.24) is 0 Å². The van der Waals surface area contributed by atoms with Gasteiger partial charge in [-0.2, -0.15) is 0 Å². The van der Waals surface area contributed by atoms with Crippen LogP contribution in [-0.2, 0) is 21.4 Å². The van der Waals surface area contributed by atoms with Crippen molar-refractivity contribution in [3.8, 4) is 11.5 Å². The lowest BCUT2D eigenvalue weighted by Gasteiger charge is -2.22. The molecular weight excluding hydrogens is 542 g/mol. The first-order chi connectivity index (χ1) is 20.2. The zero-order chi connectivity index (χ0) is 30.0. The van der Waals surface area contributed by atoms with Gasteiger partial charge >= 0.3 is 0 Å². The third kappa shape index (κ3) is 9.87. The van der Waals surface area contributed by atoms with E-state index in [0.717, 1.165) is 34.9 Å². The number of ether oxygens (including phenoxy) is 3. The molecule has 0 aliphatic heterocycles. The molecular formula is C36H45NO4S. The molecule has 3 aromatic rings. The average molecular weight is 588 g/mol. The fourth-order valence-electron chi connectivity index (χ4n) is 5.31. The van der Waals surface area contributed by atoms with E-state index in [9.17, 15) is 4.79 Å². The number of anilines is 1. The molecule has 0 unspecified atom stereocenters. The second kappa shape index (κ2) is 15.2. The fourth-order valence-corrected chi connectivity index (χ4v) is 5.39. The molecule has 0 bridgehead atoms. The van der Waals surface area contributed by atoms with E-state index in [1.807, 2.05) is 48.5 Å². The molecule has 6 heteroatoms. The van der Waals surface area contributed by atoms with Gasteiger partial charge in [0.15, 0.2) is 5.05 Å². The summed E-state index contributed by atoms with van der Waals surface area (Å²) in [6.07, 6.45) is 7.03. The molecule has 1 aliphatic rings. The summed E-state index contributed by atoms with van der Waals surface area (Å²) < 4.78 is 17.1. The lowest BCUT2D eigenvalue weighted by Crippen LogP contribution is -2.23. The third-order valence-corrected chi connectivity index (χ3v) is 7.97. The Morgan fingerprint density at radius 1 is 0.857 bits per heavy atom. The Kier molecular flexibility index (Phi) is 11.4. The van der Waals surface area contributed by atoms with Gasteiger partial charge in [0.25, 0.3) is 0 Å². The normalized spacial score (nSPS) is 14.6. The van der Waals surface area contributed by atoms with Crippen LogP contribution in [-0.4, -0.2) is 30.8 Å². The lowest BCUT2D eigenvalue weighted by atomic mass is 9.84. The van der Waals surface area contributed by atoms with Crippen molar-refractivity contribution in [3.63, 3.8) is 0 Å². The highest BCUT2D eigenvalue weighted by molar-refractivity contribution is 7.80. The van der Waals surface area contributed by atoms with Gasteiger partial charge in [0.2, 0.25) is 5.91 Å². The molecule has 3 aromatic carbocycles. The first-order valence-electron chi connectivity index (χ1n) is 15.2. The van der Waals surface area contributed by atoms with Crippen LogP contribution in [0.5, 0.6) is 11.5 Å². The number of hydrogen-bond donors (Lipinski definition) is 1. The second-order valence-electron chi connectivity index (χ2n) is 12.3. The number of nitrogens with one attached hydrogen (secondary N) is 1. The van der Waals surface area contributed by atoms with Crippen LogP contribution >= 0.6 is 12.2 Å². The first-order valence-corrected chi connectivity index (χ1v) is 15.6. The summed E-state index contributed by atoms with van der Waals surface area (Å²) in [6.45, 7) is 9.93. The van der Waals surface area contributed by atoms with Gasteiger partial charge in [-0.3, -0.25) is 4.79 Å². The van der Waals surface area contributed by atoms with E-state index in [1.54, 1.807) is 6.92 Å². The summed E-state index contributed by atoms with van der Waals surface area (Å²) in [5.41, 5.74) is 4.09. The molecule has 0 radical (unpaired) electrons. The molecule has 5 nitrogen and oxygen atoms in total. The van der Waals surface area contributed by atoms with Gasteiger partial charge in [-0.25, -0.2) is 0 Å². The summed E-state index contributed by atoms with van der Waals surface area (Å²) in [5, 5.41) is 3.66. The quantitative estimate of drug-likeness (QED) is 0.170. The van der Waals surface area contributed by atoms with Gasteiger partial charge in [0.1, 0.15) is 24.7 Å². The molecule has 1 aliphatic carbocycles. The van der Waals surface area contributed by atoms with E-state index < -0.39 is 0 Å². The van der Waals surface area contributed by atoms with Crippen LogP contribution in [0.4, 0.5) is 5.69 Å². The van der Waals surface area contributed by atoms with Gasteiger partial charge < -0.3 is 19.5 Å². The van der Waals surface area contributed by atoms with Crippen LogP contribution in [0.25, 0.3) is 0 Å². The summed E-state index contributed by atoms with van der Waals surface area (Å²) in [7, 11) is 0. The van der Waals surface area contributed by atoms with Crippen LogP contribution in [0, 0.1) is 5.92 Å². The van der Waals surface area contributed by atoms with Crippen molar-refractivity contribution >= 4 is 28.9 Å². The molecule has 224 valence electrons. The smallest absolute Gasteiger partial charge is 0.232 e. The maximum atomic E-state index is 13.7. The Hall–Kier alpha value is -3.38. The highest BCUT2D eigenvalue weighted by Crippen LogP contribution is 2.29. The standard InChI is InChI=1S/C36H45NO4S/c1-26(42)39-22-23-40-32-18-10-27(11-19-32)24-34(29-12-14-30(15-13-29)36(2,3)4)35(38)37-31-16-20-33(21-17-31)41-25-28-8-6-5-7-9-28/h10-21,28,34H,5-9,22-25H2,1-4H3,(H,37,38)/t34-/m0/s1. The predicted molar refractivity (Wildman–Crippen MR) is 175 cm³/mol. The van der Waals surface area contributed by atoms with E-state index in [-0.39, 0.29) is 17.2 Å². The summed E-state index contributed by atoms with van der Waals surface area (Å²) >= 11 is 4.93. The molecule has 0 heterocycles. The van der Waals surface area contributed by atoms with Crippen molar-refractivity contribution in [3.05, 3.63) is 89.5 Å². The summed E-state index contributed by atoms with van der Waals surface area (Å²) in [4.78, 5) is 13.7. The number of thiocarbonyl (C=S) groups is 1. The fraction of sp³-hybridized carbons (Fsp3) is 0.444. The minimum absolute atomic E-state index is 0.0395. The Balaban J connectivity index is 1.42. The third-order valence-electron chi connectivity index (χ3n) is 7.85. The maximum Gasteiger partial charge on any atom is 0.232 e. The van der Waals surface area contributed by atoms with E-state index in [0.29, 0.717) is 30.6 Å². The molecule has 1 N–H and O–H groups in total. The molecule has 42 heavy (non-hydrogen) atoms. The SMILES string of the molecule is CC(=S)OCCOc1ccc(C[C@H](C(=O)Nc2ccc(OCC3CCCCC3)cc2)c2ccc(C(C)(C)C)cc2)cc1. The van der Waals surface area contributed by atoms with E-state index in [1.165, 1.54) is 37.7 Å². The predicted octanol–water partition coefficient (Wildman–Crippen LogP) is 8.65. The van der Waals surface area contributed by atoms with Gasteiger partial charge in [0, 0.05) is 12.6 Å².